The Hall–Kier alpha value is -0.760. The fourth-order valence-electron chi connectivity index (χ4n) is 5.25. The van der Waals surface area contributed by atoms with Crippen LogP contribution in [-0.4, -0.2) is 70.7 Å². The van der Waals surface area contributed by atoms with E-state index >= 15 is 0 Å². The first-order valence-electron chi connectivity index (χ1n) is 19.4. The summed E-state index contributed by atoms with van der Waals surface area (Å²) in [6.07, 6.45) is 32.1. The average Bonchev–Trinajstić information content (AvgIpc) is 3.01. The number of quaternary nitrogens is 1. The Labute approximate surface area is 290 Å². The van der Waals surface area contributed by atoms with E-state index in [1.807, 2.05) is 21.1 Å². The Morgan fingerprint density at radius 3 is 1.64 bits per heavy atom. The number of hydrogen-bond acceptors (Lipinski definition) is 7. The molecular formula is C38H76NO7P. The summed E-state index contributed by atoms with van der Waals surface area (Å²) in [6, 6.07) is 0. The molecule has 0 bridgehead atoms. The van der Waals surface area contributed by atoms with Gasteiger partial charge in [-0.15, -0.1) is 0 Å². The molecule has 0 aliphatic rings. The summed E-state index contributed by atoms with van der Waals surface area (Å²) in [4.78, 5) is 24.9. The summed E-state index contributed by atoms with van der Waals surface area (Å²) >= 11 is 0. The standard InChI is InChI=1S/C38H76NO7P/c1-6-8-10-12-14-16-18-19-20-22-24-26-28-30-33-43-35-37(36-45-47(41,42)44-34-32-39(3,4)5)46-38(40)31-29-27-25-23-21-17-15-13-11-9-7-2/h16,18,37H,6-15,17,19-36H2,1-5H3/b18-16-. The van der Waals surface area contributed by atoms with E-state index in [9.17, 15) is 14.3 Å². The summed E-state index contributed by atoms with van der Waals surface area (Å²) in [6.45, 7) is 5.39. The molecule has 0 rings (SSSR count). The topological polar surface area (TPSA) is 94.1 Å². The Balaban J connectivity index is 4.28. The smallest absolute Gasteiger partial charge is 0.306 e. The van der Waals surface area contributed by atoms with Gasteiger partial charge in [0.25, 0.3) is 7.82 Å². The van der Waals surface area contributed by atoms with Crippen LogP contribution < -0.4 is 4.89 Å². The number of hydrogen-bond donors (Lipinski definition) is 0. The van der Waals surface area contributed by atoms with Crippen LogP contribution in [0.25, 0.3) is 0 Å². The number of nitrogens with zero attached hydrogens (tertiary/aromatic N) is 1. The number of likely N-dealkylation sites (N-methyl/N-ethyl adjacent to an activating group) is 1. The van der Waals surface area contributed by atoms with Gasteiger partial charge >= 0.3 is 5.97 Å². The lowest BCUT2D eigenvalue weighted by Gasteiger charge is -2.28. The molecule has 0 aromatic heterocycles. The van der Waals surface area contributed by atoms with Crippen molar-refractivity contribution < 1.29 is 37.3 Å². The lowest BCUT2D eigenvalue weighted by atomic mass is 10.1. The quantitative estimate of drug-likeness (QED) is 0.0212. The first-order chi connectivity index (χ1) is 22.6. The number of rotatable bonds is 36. The van der Waals surface area contributed by atoms with E-state index in [0.717, 1.165) is 32.1 Å². The second-order valence-corrected chi connectivity index (χ2v) is 15.7. The van der Waals surface area contributed by atoms with E-state index < -0.39 is 13.9 Å². The molecule has 2 unspecified atom stereocenters. The number of unbranched alkanes of at least 4 members (excludes halogenated alkanes) is 20. The molecular weight excluding hydrogens is 613 g/mol. The molecule has 0 saturated carbocycles. The minimum atomic E-state index is -4.51. The Morgan fingerprint density at radius 1 is 0.638 bits per heavy atom. The predicted molar refractivity (Wildman–Crippen MR) is 194 cm³/mol. The van der Waals surface area contributed by atoms with Gasteiger partial charge in [0.2, 0.25) is 0 Å². The van der Waals surface area contributed by atoms with Crippen molar-refractivity contribution in [3.8, 4) is 0 Å². The van der Waals surface area contributed by atoms with Crippen molar-refractivity contribution in [2.45, 2.75) is 174 Å². The molecule has 0 saturated heterocycles. The molecule has 280 valence electrons. The second-order valence-electron chi connectivity index (χ2n) is 14.3. The van der Waals surface area contributed by atoms with Crippen LogP contribution in [0.4, 0.5) is 0 Å². The highest BCUT2D eigenvalue weighted by Gasteiger charge is 2.20. The normalized spacial score (nSPS) is 14.1. The third kappa shape index (κ3) is 36.3. The van der Waals surface area contributed by atoms with Crippen LogP contribution in [0, 0.1) is 0 Å². The van der Waals surface area contributed by atoms with Crippen molar-refractivity contribution in [3.05, 3.63) is 12.2 Å². The minimum Gasteiger partial charge on any atom is -0.756 e. The number of phosphoric ester groups is 1. The summed E-state index contributed by atoms with van der Waals surface area (Å²) in [5, 5.41) is 0. The molecule has 0 fully saturated rings. The number of allylic oxidation sites excluding steroid dienone is 2. The first-order valence-corrected chi connectivity index (χ1v) is 20.9. The Kier molecular flexibility index (Phi) is 31.9. The van der Waals surface area contributed by atoms with Crippen LogP contribution in [0.3, 0.4) is 0 Å². The minimum absolute atomic E-state index is 0.0277. The molecule has 47 heavy (non-hydrogen) atoms. The lowest BCUT2D eigenvalue weighted by molar-refractivity contribution is -0.870. The van der Waals surface area contributed by atoms with Gasteiger partial charge in [-0.1, -0.05) is 135 Å². The molecule has 0 aromatic rings. The van der Waals surface area contributed by atoms with E-state index in [1.165, 1.54) is 116 Å². The summed E-state index contributed by atoms with van der Waals surface area (Å²) in [7, 11) is 1.36. The van der Waals surface area contributed by atoms with Gasteiger partial charge in [0.15, 0.2) is 0 Å². The average molecular weight is 690 g/mol. The van der Waals surface area contributed by atoms with Crippen molar-refractivity contribution in [2.24, 2.45) is 0 Å². The fraction of sp³-hybridized carbons (Fsp3) is 0.921. The summed E-state index contributed by atoms with van der Waals surface area (Å²) in [5.74, 6) is -0.337. The third-order valence-corrected chi connectivity index (χ3v) is 9.28. The zero-order valence-corrected chi connectivity index (χ0v) is 32.4. The molecule has 0 aromatic carbocycles. The van der Waals surface area contributed by atoms with E-state index in [4.69, 9.17) is 18.5 Å². The van der Waals surface area contributed by atoms with Crippen molar-refractivity contribution in [1.82, 2.24) is 0 Å². The molecule has 9 heteroatoms. The molecule has 2 atom stereocenters. The molecule has 0 radical (unpaired) electrons. The molecule has 0 heterocycles. The maximum absolute atomic E-state index is 12.6. The second kappa shape index (κ2) is 32.4. The predicted octanol–water partition coefficient (Wildman–Crippen LogP) is 10.1. The molecule has 0 aliphatic heterocycles. The highest BCUT2D eigenvalue weighted by atomic mass is 31.2. The van der Waals surface area contributed by atoms with Gasteiger partial charge in [-0.2, -0.15) is 0 Å². The number of carbonyl (C=O) groups is 1. The van der Waals surface area contributed by atoms with E-state index in [1.54, 1.807) is 0 Å². The Bertz CT molecular complexity index is 772. The Morgan fingerprint density at radius 2 is 1.11 bits per heavy atom. The first kappa shape index (κ1) is 46.2. The van der Waals surface area contributed by atoms with Crippen LogP contribution in [-0.2, 0) is 27.9 Å². The van der Waals surface area contributed by atoms with Gasteiger partial charge in [0.05, 0.1) is 34.4 Å². The van der Waals surface area contributed by atoms with Crippen molar-refractivity contribution >= 4 is 13.8 Å². The molecule has 0 amide bonds. The van der Waals surface area contributed by atoms with E-state index in [-0.39, 0.29) is 25.8 Å². The zero-order chi connectivity index (χ0) is 34.9. The zero-order valence-electron chi connectivity index (χ0n) is 31.5. The highest BCUT2D eigenvalue weighted by molar-refractivity contribution is 7.45. The van der Waals surface area contributed by atoms with Crippen LogP contribution in [0.2, 0.25) is 0 Å². The van der Waals surface area contributed by atoms with Gasteiger partial charge < -0.3 is 27.9 Å². The maximum Gasteiger partial charge on any atom is 0.306 e. The van der Waals surface area contributed by atoms with Crippen LogP contribution in [0.5, 0.6) is 0 Å². The number of esters is 1. The molecule has 0 spiro atoms. The molecule has 0 N–H and O–H groups in total. The van der Waals surface area contributed by atoms with E-state index in [0.29, 0.717) is 24.1 Å². The summed E-state index contributed by atoms with van der Waals surface area (Å²) in [5.41, 5.74) is 0. The summed E-state index contributed by atoms with van der Waals surface area (Å²) < 4.78 is 34.4. The third-order valence-electron chi connectivity index (χ3n) is 8.32. The highest BCUT2D eigenvalue weighted by Crippen LogP contribution is 2.38. The van der Waals surface area contributed by atoms with E-state index in [2.05, 4.69) is 26.0 Å². The fourth-order valence-corrected chi connectivity index (χ4v) is 5.97. The number of phosphoric acid groups is 1. The molecule has 0 aliphatic carbocycles. The molecule has 8 nitrogen and oxygen atoms in total. The van der Waals surface area contributed by atoms with Crippen molar-refractivity contribution in [1.29, 1.82) is 0 Å². The van der Waals surface area contributed by atoms with Crippen molar-refractivity contribution in [2.75, 3.05) is 54.1 Å². The number of ether oxygens (including phenoxy) is 2. The van der Waals surface area contributed by atoms with Crippen molar-refractivity contribution in [3.63, 3.8) is 0 Å². The number of carbonyl (C=O) groups excluding carboxylic acids is 1. The van der Waals surface area contributed by atoms with Gasteiger partial charge in [0, 0.05) is 13.0 Å². The largest absolute Gasteiger partial charge is 0.756 e. The van der Waals surface area contributed by atoms with Gasteiger partial charge in [0.1, 0.15) is 19.3 Å². The van der Waals surface area contributed by atoms with Crippen LogP contribution in [0.1, 0.15) is 168 Å². The van der Waals surface area contributed by atoms with Gasteiger partial charge in [-0.05, 0) is 38.5 Å². The van der Waals surface area contributed by atoms with Crippen LogP contribution in [0.15, 0.2) is 12.2 Å². The SMILES string of the molecule is CCCCCC/C=C\CCCCCCCCOCC(COP(=O)([O-])OCC[N+](C)(C)C)OC(=O)CCCCCCCCCCCCC. The van der Waals surface area contributed by atoms with Gasteiger partial charge in [-0.3, -0.25) is 9.36 Å². The lowest BCUT2D eigenvalue weighted by Crippen LogP contribution is -2.37. The monoisotopic (exact) mass is 690 g/mol. The van der Waals surface area contributed by atoms with Gasteiger partial charge in [-0.25, -0.2) is 0 Å². The maximum atomic E-state index is 12.6. The van der Waals surface area contributed by atoms with Crippen LogP contribution >= 0.6 is 7.82 Å².